The van der Waals surface area contributed by atoms with E-state index in [1.54, 1.807) is 0 Å². The number of primary amides is 2. The van der Waals surface area contributed by atoms with Crippen LogP contribution in [0.15, 0.2) is 60.7 Å². The van der Waals surface area contributed by atoms with E-state index in [1.165, 1.54) is 11.1 Å². The molecule has 1 aliphatic rings. The van der Waals surface area contributed by atoms with Crippen molar-refractivity contribution in [3.8, 4) is 0 Å². The van der Waals surface area contributed by atoms with E-state index in [-0.39, 0.29) is 5.92 Å². The number of benzene rings is 2. The van der Waals surface area contributed by atoms with Crippen LogP contribution in [-0.2, 0) is 9.59 Å². The van der Waals surface area contributed by atoms with Crippen molar-refractivity contribution in [2.75, 3.05) is 19.6 Å². The fraction of sp³-hybridized carbons (Fsp3) is 0.300. The van der Waals surface area contributed by atoms with Gasteiger partial charge in [-0.05, 0) is 11.1 Å². The normalized spacial score (nSPS) is 20.7. The Hall–Kier alpha value is -2.66. The van der Waals surface area contributed by atoms with E-state index in [9.17, 15) is 9.59 Å². The molecule has 2 atom stereocenters. The van der Waals surface area contributed by atoms with Crippen molar-refractivity contribution in [2.45, 2.75) is 5.92 Å². The first-order valence-electron chi connectivity index (χ1n) is 8.47. The van der Waals surface area contributed by atoms with Crippen molar-refractivity contribution >= 4 is 11.8 Å². The van der Waals surface area contributed by atoms with Gasteiger partial charge in [0.2, 0.25) is 11.8 Å². The summed E-state index contributed by atoms with van der Waals surface area (Å²) in [6.07, 6.45) is 0. The number of nitrogens with two attached hydrogens (primary N) is 2. The van der Waals surface area contributed by atoms with E-state index >= 15 is 0 Å². The predicted molar refractivity (Wildman–Crippen MR) is 96.5 cm³/mol. The van der Waals surface area contributed by atoms with Gasteiger partial charge < -0.3 is 16.4 Å². The number of carbonyl (C=O) groups excluding carboxylic acids is 2. The molecule has 0 saturated carbocycles. The number of likely N-dealkylation sites (tertiary alicyclic amines) is 1. The minimum Gasteiger partial charge on any atom is -0.369 e. The van der Waals surface area contributed by atoms with E-state index in [2.05, 4.69) is 29.2 Å². The Balaban J connectivity index is 1.84. The quantitative estimate of drug-likeness (QED) is 0.833. The van der Waals surface area contributed by atoms with Gasteiger partial charge in [0, 0.05) is 25.6 Å². The summed E-state index contributed by atoms with van der Waals surface area (Å²) >= 11 is 0. The molecule has 5 heteroatoms. The Labute approximate surface area is 147 Å². The number of hydrogen-bond donors (Lipinski definition) is 2. The van der Waals surface area contributed by atoms with Crippen LogP contribution in [0.5, 0.6) is 0 Å². The first-order valence-corrected chi connectivity index (χ1v) is 8.47. The van der Waals surface area contributed by atoms with E-state index in [1.807, 2.05) is 36.4 Å². The van der Waals surface area contributed by atoms with Crippen LogP contribution in [0.4, 0.5) is 0 Å². The van der Waals surface area contributed by atoms with Crippen molar-refractivity contribution in [3.63, 3.8) is 0 Å². The zero-order valence-electron chi connectivity index (χ0n) is 14.0. The first kappa shape index (κ1) is 17.2. The minimum absolute atomic E-state index is 0.155. The molecule has 1 fully saturated rings. The summed E-state index contributed by atoms with van der Waals surface area (Å²) in [4.78, 5) is 25.5. The van der Waals surface area contributed by atoms with Crippen LogP contribution in [0, 0.1) is 11.8 Å². The molecule has 0 bridgehead atoms. The third-order valence-electron chi connectivity index (χ3n) is 4.97. The number of rotatable bonds is 6. The Morgan fingerprint density at radius 1 is 0.840 bits per heavy atom. The summed E-state index contributed by atoms with van der Waals surface area (Å²) < 4.78 is 0. The lowest BCUT2D eigenvalue weighted by Gasteiger charge is -2.24. The molecular weight excluding hydrogens is 314 g/mol. The molecule has 5 nitrogen and oxygen atoms in total. The maximum atomic E-state index is 11.7. The Morgan fingerprint density at radius 2 is 1.24 bits per heavy atom. The molecule has 2 aromatic carbocycles. The van der Waals surface area contributed by atoms with Gasteiger partial charge in [0.15, 0.2) is 0 Å². The van der Waals surface area contributed by atoms with Crippen LogP contribution < -0.4 is 11.5 Å². The molecule has 0 radical (unpaired) electrons. The second-order valence-corrected chi connectivity index (χ2v) is 6.61. The molecule has 0 aliphatic carbocycles. The van der Waals surface area contributed by atoms with Crippen molar-refractivity contribution in [3.05, 3.63) is 71.8 Å². The van der Waals surface area contributed by atoms with Crippen molar-refractivity contribution < 1.29 is 9.59 Å². The smallest absolute Gasteiger partial charge is 0.222 e. The second-order valence-electron chi connectivity index (χ2n) is 6.61. The summed E-state index contributed by atoms with van der Waals surface area (Å²) in [5.41, 5.74) is 13.3. The molecule has 1 saturated heterocycles. The summed E-state index contributed by atoms with van der Waals surface area (Å²) in [6.45, 7) is 1.65. The standard InChI is InChI=1S/C20H23N3O2/c21-19(24)17-12-23(13-18(17)20(22)25)11-16(14-7-3-1-4-8-14)15-9-5-2-6-10-15/h1-10,16-18H,11-13H2,(H2,21,24)(H2,22,25). The lowest BCUT2D eigenvalue weighted by Crippen LogP contribution is -2.36. The fourth-order valence-corrected chi connectivity index (χ4v) is 3.64. The molecule has 3 rings (SSSR count). The summed E-state index contributed by atoms with van der Waals surface area (Å²) in [5.74, 6) is -1.78. The van der Waals surface area contributed by atoms with E-state index in [0.717, 1.165) is 0 Å². The zero-order chi connectivity index (χ0) is 17.8. The highest BCUT2D eigenvalue weighted by Crippen LogP contribution is 2.30. The van der Waals surface area contributed by atoms with E-state index in [4.69, 9.17) is 11.5 Å². The largest absolute Gasteiger partial charge is 0.369 e. The lowest BCUT2D eigenvalue weighted by molar-refractivity contribution is -0.129. The fourth-order valence-electron chi connectivity index (χ4n) is 3.64. The highest BCUT2D eigenvalue weighted by atomic mass is 16.2. The van der Waals surface area contributed by atoms with Gasteiger partial charge >= 0.3 is 0 Å². The van der Waals surface area contributed by atoms with E-state index < -0.39 is 23.7 Å². The van der Waals surface area contributed by atoms with Crippen molar-refractivity contribution in [1.29, 1.82) is 0 Å². The van der Waals surface area contributed by atoms with Crippen LogP contribution in [0.1, 0.15) is 17.0 Å². The highest BCUT2D eigenvalue weighted by Gasteiger charge is 2.40. The molecule has 0 aromatic heterocycles. The van der Waals surface area contributed by atoms with Gasteiger partial charge in [-0.15, -0.1) is 0 Å². The molecule has 1 heterocycles. The van der Waals surface area contributed by atoms with Crippen LogP contribution in [0.2, 0.25) is 0 Å². The third kappa shape index (κ3) is 3.88. The van der Waals surface area contributed by atoms with Gasteiger partial charge in [-0.3, -0.25) is 9.59 Å². The Kier molecular flexibility index (Phi) is 5.14. The molecule has 2 unspecified atom stereocenters. The zero-order valence-corrected chi connectivity index (χ0v) is 14.0. The molecular formula is C20H23N3O2. The Morgan fingerprint density at radius 3 is 1.60 bits per heavy atom. The predicted octanol–water partition coefficient (Wildman–Crippen LogP) is 1.34. The molecule has 2 amide bonds. The number of hydrogen-bond acceptors (Lipinski definition) is 3. The van der Waals surface area contributed by atoms with Crippen LogP contribution in [-0.4, -0.2) is 36.3 Å². The monoisotopic (exact) mass is 337 g/mol. The summed E-state index contributed by atoms with van der Waals surface area (Å²) in [6, 6.07) is 20.5. The maximum absolute atomic E-state index is 11.7. The van der Waals surface area contributed by atoms with Gasteiger partial charge in [-0.25, -0.2) is 0 Å². The average molecular weight is 337 g/mol. The van der Waals surface area contributed by atoms with Gasteiger partial charge in [-0.1, -0.05) is 60.7 Å². The average Bonchev–Trinajstić information content (AvgIpc) is 3.06. The van der Waals surface area contributed by atoms with Gasteiger partial charge in [0.25, 0.3) is 0 Å². The molecule has 0 spiro atoms. The molecule has 2 aromatic rings. The van der Waals surface area contributed by atoms with Crippen LogP contribution >= 0.6 is 0 Å². The topological polar surface area (TPSA) is 89.4 Å². The number of nitrogens with zero attached hydrogens (tertiary/aromatic N) is 1. The maximum Gasteiger partial charge on any atom is 0.222 e. The van der Waals surface area contributed by atoms with Crippen molar-refractivity contribution in [1.82, 2.24) is 4.90 Å². The molecule has 4 N–H and O–H groups in total. The van der Waals surface area contributed by atoms with E-state index in [0.29, 0.717) is 19.6 Å². The number of carbonyl (C=O) groups is 2. The first-order chi connectivity index (χ1) is 12.1. The highest BCUT2D eigenvalue weighted by molar-refractivity contribution is 5.87. The molecule has 25 heavy (non-hydrogen) atoms. The van der Waals surface area contributed by atoms with Gasteiger partial charge in [0.1, 0.15) is 0 Å². The van der Waals surface area contributed by atoms with Crippen LogP contribution in [0.3, 0.4) is 0 Å². The lowest BCUT2D eigenvalue weighted by atomic mass is 9.91. The van der Waals surface area contributed by atoms with Crippen LogP contribution in [0.25, 0.3) is 0 Å². The Bertz CT molecular complexity index is 672. The van der Waals surface area contributed by atoms with Gasteiger partial charge in [0.05, 0.1) is 11.8 Å². The SMILES string of the molecule is NC(=O)C1CN(CC(c2ccccc2)c2ccccc2)CC1C(N)=O. The summed E-state index contributed by atoms with van der Waals surface area (Å²) in [7, 11) is 0. The summed E-state index contributed by atoms with van der Waals surface area (Å²) in [5, 5.41) is 0. The van der Waals surface area contributed by atoms with Crippen molar-refractivity contribution in [2.24, 2.45) is 23.3 Å². The minimum atomic E-state index is -0.510. The molecule has 130 valence electrons. The second kappa shape index (κ2) is 7.49. The number of amides is 2. The molecule has 1 aliphatic heterocycles. The third-order valence-corrected chi connectivity index (χ3v) is 4.97. The van der Waals surface area contributed by atoms with Gasteiger partial charge in [-0.2, -0.15) is 0 Å².